The Kier molecular flexibility index (Phi) is 5.86. The van der Waals surface area contributed by atoms with Gasteiger partial charge < -0.3 is 4.90 Å². The zero-order valence-corrected chi connectivity index (χ0v) is 19.3. The second-order valence-electron chi connectivity index (χ2n) is 8.54. The van der Waals surface area contributed by atoms with Crippen LogP contribution in [0, 0.1) is 0 Å². The zero-order valence-electron chi connectivity index (χ0n) is 17.7. The van der Waals surface area contributed by atoms with Gasteiger partial charge in [-0.15, -0.1) is 0 Å². The molecule has 0 aliphatic carbocycles. The van der Waals surface area contributed by atoms with E-state index in [2.05, 4.69) is 27.2 Å². The fourth-order valence-corrected chi connectivity index (χ4v) is 5.26. The van der Waals surface area contributed by atoms with Crippen LogP contribution >= 0.6 is 23.2 Å². The van der Waals surface area contributed by atoms with Crippen molar-refractivity contribution in [1.29, 1.82) is 0 Å². The van der Waals surface area contributed by atoms with E-state index < -0.39 is 6.04 Å². The average molecular weight is 474 g/mol. The molecule has 5 rings (SSSR count). The number of urea groups is 1. The summed E-state index contributed by atoms with van der Waals surface area (Å²) < 4.78 is 0. The Labute approximate surface area is 197 Å². The molecular formula is C23H25Cl2N5O2. The molecule has 0 radical (unpaired) electrons. The summed E-state index contributed by atoms with van der Waals surface area (Å²) in [6.45, 7) is 2.68. The molecule has 3 unspecified atom stereocenters. The van der Waals surface area contributed by atoms with Gasteiger partial charge in [-0.25, -0.2) is 4.79 Å². The first kappa shape index (κ1) is 21.7. The van der Waals surface area contributed by atoms with E-state index in [-0.39, 0.29) is 30.9 Å². The second kappa shape index (κ2) is 8.65. The molecular weight excluding hydrogens is 449 g/mol. The van der Waals surface area contributed by atoms with Crippen LogP contribution in [-0.2, 0) is 17.9 Å². The highest BCUT2D eigenvalue weighted by Gasteiger charge is 2.55. The maximum Gasteiger partial charge on any atom is 0.328 e. The number of halogens is 2. The van der Waals surface area contributed by atoms with Crippen LogP contribution in [0.2, 0.25) is 10.0 Å². The number of likely N-dealkylation sites (N-methyl/N-ethyl adjacent to an activating group) is 1. The third-order valence-corrected chi connectivity index (χ3v) is 7.26. The van der Waals surface area contributed by atoms with Crippen molar-refractivity contribution < 1.29 is 9.59 Å². The fraction of sp³-hybridized carbons (Fsp3) is 0.391. The van der Waals surface area contributed by atoms with Gasteiger partial charge in [0, 0.05) is 26.7 Å². The van der Waals surface area contributed by atoms with Gasteiger partial charge in [-0.2, -0.15) is 0 Å². The maximum absolute atomic E-state index is 13.6. The Morgan fingerprint density at radius 2 is 1.75 bits per heavy atom. The SMILES string of the molecule is CN1C(=O)N(Cc2ccc(Cl)c(Cl)c2)C(=O)C2C1NC1N(Cc3ccccc3)CCCN21. The minimum absolute atomic E-state index is 0.0944. The maximum atomic E-state index is 13.6. The number of nitrogens with one attached hydrogen (secondary N) is 1. The summed E-state index contributed by atoms with van der Waals surface area (Å²) in [6.07, 6.45) is 0.510. The van der Waals surface area contributed by atoms with Gasteiger partial charge in [-0.1, -0.05) is 59.6 Å². The van der Waals surface area contributed by atoms with Crippen LogP contribution in [0.4, 0.5) is 4.79 Å². The minimum Gasteiger partial charge on any atom is -0.310 e. The third-order valence-electron chi connectivity index (χ3n) is 6.52. The first-order chi connectivity index (χ1) is 15.4. The standard InChI is InChI=1S/C23H25Cl2N5O2/c1-27-20-19(21(31)30(23(27)32)14-16-8-9-17(24)18(25)12-16)29-11-5-10-28(22(29)26-20)13-15-6-3-2-4-7-15/h2-4,6-9,12,19-20,22,26H,5,10-11,13-14H2,1H3. The molecule has 3 heterocycles. The third kappa shape index (κ3) is 3.78. The van der Waals surface area contributed by atoms with E-state index in [1.165, 1.54) is 10.5 Å². The average Bonchev–Trinajstić information content (AvgIpc) is 3.19. The minimum atomic E-state index is -0.427. The first-order valence-corrected chi connectivity index (χ1v) is 11.5. The summed E-state index contributed by atoms with van der Waals surface area (Å²) >= 11 is 12.2. The Morgan fingerprint density at radius 3 is 2.50 bits per heavy atom. The Hall–Kier alpha value is -2.16. The van der Waals surface area contributed by atoms with Crippen molar-refractivity contribution in [2.75, 3.05) is 20.1 Å². The summed E-state index contributed by atoms with van der Waals surface area (Å²) in [5, 5.41) is 4.40. The fourth-order valence-electron chi connectivity index (χ4n) is 4.94. The lowest BCUT2D eigenvalue weighted by atomic mass is 10.1. The molecule has 3 fully saturated rings. The number of nitrogens with zero attached hydrogens (tertiary/aromatic N) is 4. The van der Waals surface area contributed by atoms with Gasteiger partial charge in [0.15, 0.2) is 0 Å². The number of amides is 3. The molecule has 1 N–H and O–H groups in total. The molecule has 3 amide bonds. The van der Waals surface area contributed by atoms with Gasteiger partial charge in [0.2, 0.25) is 0 Å². The van der Waals surface area contributed by atoms with Crippen LogP contribution in [0.1, 0.15) is 17.5 Å². The van der Waals surface area contributed by atoms with Crippen LogP contribution in [-0.4, -0.2) is 70.2 Å². The number of benzene rings is 2. The van der Waals surface area contributed by atoms with Crippen molar-refractivity contribution in [2.45, 2.75) is 38.0 Å². The molecule has 168 valence electrons. The molecule has 7 nitrogen and oxygen atoms in total. The lowest BCUT2D eigenvalue weighted by Gasteiger charge is -2.43. The molecule has 3 aliphatic heterocycles. The number of rotatable bonds is 4. The Balaban J connectivity index is 1.38. The Bertz CT molecular complexity index is 1040. The summed E-state index contributed by atoms with van der Waals surface area (Å²) in [7, 11) is 1.75. The highest BCUT2D eigenvalue weighted by atomic mass is 35.5. The molecule has 2 aromatic rings. The second-order valence-corrected chi connectivity index (χ2v) is 9.36. The Morgan fingerprint density at radius 1 is 0.969 bits per heavy atom. The highest BCUT2D eigenvalue weighted by molar-refractivity contribution is 6.42. The topological polar surface area (TPSA) is 59.1 Å². The van der Waals surface area contributed by atoms with Crippen molar-refractivity contribution in [3.63, 3.8) is 0 Å². The number of imide groups is 1. The van der Waals surface area contributed by atoms with Crippen LogP contribution in [0.5, 0.6) is 0 Å². The van der Waals surface area contributed by atoms with E-state index in [1.807, 2.05) is 18.2 Å². The van der Waals surface area contributed by atoms with Gasteiger partial charge >= 0.3 is 6.03 Å². The number of carbonyl (C=O) groups excluding carboxylic acids is 2. The smallest absolute Gasteiger partial charge is 0.310 e. The summed E-state index contributed by atoms with van der Waals surface area (Å²) in [4.78, 5) is 34.2. The molecule has 0 spiro atoms. The lowest BCUT2D eigenvalue weighted by Crippen LogP contribution is -2.66. The van der Waals surface area contributed by atoms with Gasteiger partial charge in [0.05, 0.1) is 16.6 Å². The normalized spacial score (nSPS) is 26.4. The van der Waals surface area contributed by atoms with Crippen molar-refractivity contribution >= 4 is 35.1 Å². The predicted molar refractivity (Wildman–Crippen MR) is 123 cm³/mol. The first-order valence-electron chi connectivity index (χ1n) is 10.8. The number of fused-ring (bicyclic) bond motifs is 3. The largest absolute Gasteiger partial charge is 0.328 e. The highest BCUT2D eigenvalue weighted by Crippen LogP contribution is 2.32. The van der Waals surface area contributed by atoms with E-state index in [4.69, 9.17) is 23.2 Å². The quantitative estimate of drug-likeness (QED) is 0.738. The number of hydrogen-bond donors (Lipinski definition) is 1. The lowest BCUT2D eigenvalue weighted by molar-refractivity contribution is -0.140. The van der Waals surface area contributed by atoms with Crippen LogP contribution in [0.15, 0.2) is 48.5 Å². The van der Waals surface area contributed by atoms with Crippen molar-refractivity contribution in [2.24, 2.45) is 0 Å². The van der Waals surface area contributed by atoms with Crippen LogP contribution in [0.3, 0.4) is 0 Å². The van der Waals surface area contributed by atoms with Gasteiger partial charge in [-0.05, 0) is 29.7 Å². The predicted octanol–water partition coefficient (Wildman–Crippen LogP) is 3.18. The molecule has 3 saturated heterocycles. The molecule has 3 aliphatic rings. The summed E-state index contributed by atoms with van der Waals surface area (Å²) in [6, 6.07) is 14.7. The van der Waals surface area contributed by atoms with E-state index in [0.717, 1.165) is 31.6 Å². The number of carbonyl (C=O) groups is 2. The van der Waals surface area contributed by atoms with Gasteiger partial charge in [0.1, 0.15) is 18.5 Å². The van der Waals surface area contributed by atoms with E-state index >= 15 is 0 Å². The van der Waals surface area contributed by atoms with Gasteiger partial charge in [-0.3, -0.25) is 24.8 Å². The molecule has 9 heteroatoms. The van der Waals surface area contributed by atoms with Crippen LogP contribution in [0.25, 0.3) is 0 Å². The van der Waals surface area contributed by atoms with Gasteiger partial charge in [0.25, 0.3) is 5.91 Å². The molecule has 32 heavy (non-hydrogen) atoms. The van der Waals surface area contributed by atoms with Crippen molar-refractivity contribution in [3.8, 4) is 0 Å². The van der Waals surface area contributed by atoms with E-state index in [0.29, 0.717) is 10.0 Å². The summed E-state index contributed by atoms with van der Waals surface area (Å²) in [5.74, 6) is -0.180. The van der Waals surface area contributed by atoms with E-state index in [1.54, 1.807) is 30.1 Å². The van der Waals surface area contributed by atoms with Crippen LogP contribution < -0.4 is 5.32 Å². The summed E-state index contributed by atoms with van der Waals surface area (Å²) in [5.41, 5.74) is 1.99. The zero-order chi connectivity index (χ0) is 22.4. The van der Waals surface area contributed by atoms with E-state index in [9.17, 15) is 9.59 Å². The van der Waals surface area contributed by atoms with Crippen molar-refractivity contribution in [1.82, 2.24) is 24.9 Å². The van der Waals surface area contributed by atoms with Crippen molar-refractivity contribution in [3.05, 3.63) is 69.7 Å². The molecule has 0 bridgehead atoms. The molecule has 3 atom stereocenters. The molecule has 0 aromatic heterocycles. The number of hydrogen-bond acceptors (Lipinski definition) is 5. The molecule has 2 aromatic carbocycles. The molecule has 0 saturated carbocycles. The monoisotopic (exact) mass is 473 g/mol.